The molecule has 0 unspecified atom stereocenters. The molecule has 0 radical (unpaired) electrons. The number of amides is 1. The van der Waals surface area contributed by atoms with E-state index in [1.807, 2.05) is 12.1 Å². The average Bonchev–Trinajstić information content (AvgIpc) is 3.01. The van der Waals surface area contributed by atoms with Crippen molar-refractivity contribution in [2.45, 2.75) is 24.8 Å². The Labute approximate surface area is 102 Å². The molecule has 0 N–H and O–H groups in total. The van der Waals surface area contributed by atoms with Crippen molar-refractivity contribution in [3.05, 3.63) is 22.8 Å². The Balaban J connectivity index is 1.97. The van der Waals surface area contributed by atoms with Crippen LogP contribution in [0.5, 0.6) is 0 Å². The van der Waals surface area contributed by atoms with Crippen molar-refractivity contribution in [2.75, 3.05) is 11.5 Å². The highest BCUT2D eigenvalue weighted by Gasteiger charge is 2.54. The van der Waals surface area contributed by atoms with Crippen LogP contribution in [-0.4, -0.2) is 23.2 Å². The van der Waals surface area contributed by atoms with Crippen LogP contribution in [0, 0.1) is 0 Å². The van der Waals surface area contributed by atoms with E-state index >= 15 is 0 Å². The van der Waals surface area contributed by atoms with Crippen LogP contribution in [-0.2, 0) is 4.74 Å². The molecule has 0 bridgehead atoms. The van der Waals surface area contributed by atoms with Crippen molar-refractivity contribution in [3.8, 4) is 0 Å². The van der Waals surface area contributed by atoms with Gasteiger partial charge in [-0.25, -0.2) is 9.78 Å². The monoisotopic (exact) mass is 282 g/mol. The number of anilines is 1. The van der Waals surface area contributed by atoms with Gasteiger partial charge in [-0.05, 0) is 40.9 Å². The fourth-order valence-electron chi connectivity index (χ4n) is 2.15. The van der Waals surface area contributed by atoms with Crippen molar-refractivity contribution < 1.29 is 9.53 Å². The summed E-state index contributed by atoms with van der Waals surface area (Å²) in [5, 5.41) is 0. The molecule has 0 aromatic carbocycles. The van der Waals surface area contributed by atoms with Crippen molar-refractivity contribution in [2.24, 2.45) is 0 Å². The number of rotatable bonds is 1. The van der Waals surface area contributed by atoms with E-state index in [2.05, 4.69) is 20.9 Å². The number of hydrogen-bond donors (Lipinski definition) is 0. The molecule has 3 rings (SSSR count). The molecule has 1 aliphatic carbocycles. The lowest BCUT2D eigenvalue weighted by atomic mass is 10.1. The lowest BCUT2D eigenvalue weighted by Crippen LogP contribution is -2.48. The van der Waals surface area contributed by atoms with E-state index in [0.29, 0.717) is 12.4 Å². The maximum atomic E-state index is 11.8. The van der Waals surface area contributed by atoms with Crippen LogP contribution in [0.3, 0.4) is 0 Å². The van der Waals surface area contributed by atoms with Gasteiger partial charge in [0.15, 0.2) is 0 Å². The fourth-order valence-corrected chi connectivity index (χ4v) is 2.39. The Morgan fingerprint density at radius 2 is 2.19 bits per heavy atom. The van der Waals surface area contributed by atoms with Crippen LogP contribution in [0.4, 0.5) is 10.6 Å². The van der Waals surface area contributed by atoms with Gasteiger partial charge in [-0.2, -0.15) is 0 Å². The van der Waals surface area contributed by atoms with E-state index in [-0.39, 0.29) is 11.6 Å². The lowest BCUT2D eigenvalue weighted by Gasteiger charge is -2.34. The third-order valence-electron chi connectivity index (χ3n) is 3.22. The smallest absolute Gasteiger partial charge is 0.416 e. The first-order valence-electron chi connectivity index (χ1n) is 5.30. The molecule has 1 aliphatic heterocycles. The number of pyridine rings is 1. The molecular formula is C11H11BrN2O2. The highest BCUT2D eigenvalue weighted by molar-refractivity contribution is 9.10. The molecule has 2 fully saturated rings. The minimum atomic E-state index is -0.265. The van der Waals surface area contributed by atoms with Gasteiger partial charge in [0.25, 0.3) is 0 Å². The third-order valence-corrected chi connectivity index (χ3v) is 3.69. The Hall–Kier alpha value is -1.10. The van der Waals surface area contributed by atoms with Gasteiger partial charge in [0, 0.05) is 17.1 Å². The second kappa shape index (κ2) is 3.45. The normalized spacial score (nSPS) is 22.1. The number of ether oxygens (including phenoxy) is 1. The summed E-state index contributed by atoms with van der Waals surface area (Å²) in [7, 11) is 0. The van der Waals surface area contributed by atoms with E-state index in [9.17, 15) is 4.79 Å². The standard InChI is InChI=1S/C11H11BrN2O2/c12-8-1-2-9(13-7-8)14-10(15)16-6-5-11(14)3-4-11/h1-2,7H,3-6H2. The molecule has 2 heterocycles. The Morgan fingerprint density at radius 3 is 2.81 bits per heavy atom. The predicted molar refractivity (Wildman–Crippen MR) is 62.3 cm³/mol. The van der Waals surface area contributed by atoms with Crippen molar-refractivity contribution >= 4 is 27.8 Å². The fraction of sp³-hybridized carbons (Fsp3) is 0.455. The van der Waals surface area contributed by atoms with Crippen LogP contribution >= 0.6 is 15.9 Å². The quantitative estimate of drug-likeness (QED) is 0.795. The lowest BCUT2D eigenvalue weighted by molar-refractivity contribution is 0.125. The summed E-state index contributed by atoms with van der Waals surface area (Å²) < 4.78 is 5.99. The van der Waals surface area contributed by atoms with Crippen LogP contribution in [0.2, 0.25) is 0 Å². The highest BCUT2D eigenvalue weighted by Crippen LogP contribution is 2.48. The molecule has 0 atom stereocenters. The molecular weight excluding hydrogens is 272 g/mol. The molecule has 1 amide bonds. The summed E-state index contributed by atoms with van der Waals surface area (Å²) in [6, 6.07) is 3.73. The van der Waals surface area contributed by atoms with Gasteiger partial charge in [0.05, 0.1) is 12.1 Å². The number of aromatic nitrogens is 1. The van der Waals surface area contributed by atoms with E-state index in [0.717, 1.165) is 23.7 Å². The van der Waals surface area contributed by atoms with Gasteiger partial charge in [-0.1, -0.05) is 0 Å². The summed E-state index contributed by atoms with van der Waals surface area (Å²) in [5.74, 6) is 0.686. The number of carbonyl (C=O) groups excluding carboxylic acids is 1. The number of carbonyl (C=O) groups is 1. The van der Waals surface area contributed by atoms with Crippen LogP contribution in [0.1, 0.15) is 19.3 Å². The summed E-state index contributed by atoms with van der Waals surface area (Å²) in [5.41, 5.74) is -0.00381. The zero-order valence-corrected chi connectivity index (χ0v) is 10.2. The van der Waals surface area contributed by atoms with E-state index in [1.165, 1.54) is 0 Å². The molecule has 1 aromatic heterocycles. The van der Waals surface area contributed by atoms with E-state index in [1.54, 1.807) is 11.1 Å². The largest absolute Gasteiger partial charge is 0.449 e. The molecule has 1 saturated heterocycles. The van der Waals surface area contributed by atoms with Gasteiger partial charge in [-0.3, -0.25) is 4.90 Å². The van der Waals surface area contributed by atoms with Crippen LogP contribution < -0.4 is 4.90 Å². The molecule has 5 heteroatoms. The molecule has 4 nitrogen and oxygen atoms in total. The van der Waals surface area contributed by atoms with Gasteiger partial charge >= 0.3 is 6.09 Å². The third kappa shape index (κ3) is 1.50. The second-order valence-electron chi connectivity index (χ2n) is 4.26. The van der Waals surface area contributed by atoms with E-state index in [4.69, 9.17) is 4.74 Å². The number of nitrogens with zero attached hydrogens (tertiary/aromatic N) is 2. The molecule has 16 heavy (non-hydrogen) atoms. The average molecular weight is 283 g/mol. The molecule has 84 valence electrons. The van der Waals surface area contributed by atoms with Crippen LogP contribution in [0.25, 0.3) is 0 Å². The highest BCUT2D eigenvalue weighted by atomic mass is 79.9. The van der Waals surface area contributed by atoms with Crippen LogP contribution in [0.15, 0.2) is 22.8 Å². The maximum absolute atomic E-state index is 11.8. The summed E-state index contributed by atoms with van der Waals surface area (Å²) >= 11 is 3.33. The summed E-state index contributed by atoms with van der Waals surface area (Å²) in [6.45, 7) is 0.534. The minimum absolute atomic E-state index is 0.00381. The van der Waals surface area contributed by atoms with Crippen molar-refractivity contribution in [1.29, 1.82) is 0 Å². The first-order chi connectivity index (χ1) is 7.71. The zero-order valence-electron chi connectivity index (χ0n) is 8.65. The number of hydrogen-bond acceptors (Lipinski definition) is 3. The van der Waals surface area contributed by atoms with Crippen molar-refractivity contribution in [3.63, 3.8) is 0 Å². The van der Waals surface area contributed by atoms with Crippen molar-refractivity contribution in [1.82, 2.24) is 4.98 Å². The Bertz CT molecular complexity index is 428. The van der Waals surface area contributed by atoms with Gasteiger partial charge in [0.1, 0.15) is 5.82 Å². The van der Waals surface area contributed by atoms with Gasteiger partial charge in [-0.15, -0.1) is 0 Å². The first kappa shape index (κ1) is 10.1. The van der Waals surface area contributed by atoms with E-state index < -0.39 is 0 Å². The summed E-state index contributed by atoms with van der Waals surface area (Å²) in [4.78, 5) is 17.8. The second-order valence-corrected chi connectivity index (χ2v) is 5.17. The van der Waals surface area contributed by atoms with Gasteiger partial charge < -0.3 is 4.74 Å². The molecule has 2 aliphatic rings. The SMILES string of the molecule is O=C1OCCC2(CC2)N1c1ccc(Br)cn1. The Kier molecular flexibility index (Phi) is 2.17. The molecule has 1 aromatic rings. The maximum Gasteiger partial charge on any atom is 0.416 e. The topological polar surface area (TPSA) is 42.4 Å². The number of cyclic esters (lactones) is 1. The molecule has 1 spiro atoms. The zero-order chi connectivity index (χ0) is 11.2. The minimum Gasteiger partial charge on any atom is -0.449 e. The molecule has 1 saturated carbocycles. The Morgan fingerprint density at radius 1 is 1.38 bits per heavy atom. The predicted octanol–water partition coefficient (Wildman–Crippen LogP) is 2.72. The number of halogens is 1. The first-order valence-corrected chi connectivity index (χ1v) is 6.09. The van der Waals surface area contributed by atoms with Gasteiger partial charge in [0.2, 0.25) is 0 Å². The summed E-state index contributed by atoms with van der Waals surface area (Å²) in [6.07, 6.45) is 4.46.